The van der Waals surface area contributed by atoms with E-state index in [-0.39, 0.29) is 48.6 Å². The molecule has 0 aromatic heterocycles. The molecule has 1 saturated heterocycles. The lowest BCUT2D eigenvalue weighted by molar-refractivity contribution is -0.137. The van der Waals surface area contributed by atoms with Crippen LogP contribution >= 0.6 is 11.6 Å². The Labute approximate surface area is 164 Å². The lowest BCUT2D eigenvalue weighted by atomic mass is 10.1. The van der Waals surface area contributed by atoms with Crippen molar-refractivity contribution in [3.05, 3.63) is 70.5 Å². The molecular weight excluding hydrogens is 396 g/mol. The van der Waals surface area contributed by atoms with Gasteiger partial charge in [0.15, 0.2) is 0 Å². The summed E-state index contributed by atoms with van der Waals surface area (Å²) < 4.78 is 52.7. The summed E-state index contributed by atoms with van der Waals surface area (Å²) in [5.41, 5.74) is -0.0380. The molecule has 0 bridgehead atoms. The number of alkyl halides is 3. The molecule has 0 saturated carbocycles. The Morgan fingerprint density at radius 1 is 1.00 bits per heavy atom. The van der Waals surface area contributed by atoms with Gasteiger partial charge in [0.1, 0.15) is 5.82 Å². The lowest BCUT2D eigenvalue weighted by Gasteiger charge is -2.36. The van der Waals surface area contributed by atoms with Gasteiger partial charge in [-0.25, -0.2) is 4.39 Å². The van der Waals surface area contributed by atoms with Gasteiger partial charge in [0.2, 0.25) is 5.91 Å². The fourth-order valence-electron chi connectivity index (χ4n) is 3.02. The molecule has 8 heteroatoms. The van der Waals surface area contributed by atoms with Crippen molar-refractivity contribution in [2.45, 2.75) is 6.18 Å². The highest BCUT2D eigenvalue weighted by Crippen LogP contribution is 2.38. The molecule has 0 atom stereocenters. The summed E-state index contributed by atoms with van der Waals surface area (Å²) in [5, 5.41) is 0.226. The van der Waals surface area contributed by atoms with E-state index in [0.717, 1.165) is 6.07 Å². The molecule has 1 amide bonds. The van der Waals surface area contributed by atoms with Gasteiger partial charge in [-0.05, 0) is 42.0 Å². The number of halogens is 5. The average molecular weight is 413 g/mol. The topological polar surface area (TPSA) is 23.6 Å². The number of carbonyl (C=O) groups excluding carboxylic acids is 1. The van der Waals surface area contributed by atoms with Crippen LogP contribution in [0.1, 0.15) is 11.1 Å². The van der Waals surface area contributed by atoms with Gasteiger partial charge in [-0.2, -0.15) is 13.2 Å². The normalized spacial score (nSPS) is 15.3. The molecule has 0 spiro atoms. The molecule has 3 rings (SSSR count). The van der Waals surface area contributed by atoms with Crippen molar-refractivity contribution in [3.63, 3.8) is 0 Å². The van der Waals surface area contributed by atoms with Gasteiger partial charge in [-0.3, -0.25) is 4.79 Å². The quantitative estimate of drug-likeness (QED) is 0.531. The third-order valence-electron chi connectivity index (χ3n) is 4.49. The SMILES string of the molecule is O=C(/C=C\c1ccc(F)cc1)N1CCN(c2cc(Cl)ccc2C(F)(F)F)CC1. The van der Waals surface area contributed by atoms with E-state index in [4.69, 9.17) is 11.6 Å². The predicted octanol–water partition coefficient (Wildman–Crippen LogP) is 4.86. The molecule has 1 fully saturated rings. The Morgan fingerprint density at radius 3 is 2.25 bits per heavy atom. The maximum Gasteiger partial charge on any atom is 0.418 e. The van der Waals surface area contributed by atoms with Gasteiger partial charge in [0.25, 0.3) is 0 Å². The monoisotopic (exact) mass is 412 g/mol. The number of anilines is 1. The Balaban J connectivity index is 1.65. The number of amides is 1. The summed E-state index contributed by atoms with van der Waals surface area (Å²) in [5.74, 6) is -0.607. The van der Waals surface area contributed by atoms with E-state index in [1.54, 1.807) is 28.0 Å². The Morgan fingerprint density at radius 2 is 1.64 bits per heavy atom. The van der Waals surface area contributed by atoms with Crippen LogP contribution in [0.2, 0.25) is 5.02 Å². The van der Waals surface area contributed by atoms with Crippen LogP contribution in [0.3, 0.4) is 0 Å². The highest BCUT2D eigenvalue weighted by molar-refractivity contribution is 6.30. The lowest BCUT2D eigenvalue weighted by Crippen LogP contribution is -2.48. The third-order valence-corrected chi connectivity index (χ3v) is 4.72. The third kappa shape index (κ3) is 4.84. The predicted molar refractivity (Wildman–Crippen MR) is 101 cm³/mol. The van der Waals surface area contributed by atoms with Gasteiger partial charge in [-0.15, -0.1) is 0 Å². The fraction of sp³-hybridized carbons (Fsp3) is 0.250. The number of benzene rings is 2. The molecule has 2 aromatic rings. The summed E-state index contributed by atoms with van der Waals surface area (Å²) in [6.45, 7) is 1.10. The van der Waals surface area contributed by atoms with Crippen molar-refractivity contribution in [3.8, 4) is 0 Å². The van der Waals surface area contributed by atoms with Crippen molar-refractivity contribution >= 4 is 29.3 Å². The minimum atomic E-state index is -4.48. The molecule has 148 valence electrons. The molecule has 0 N–H and O–H groups in total. The number of hydrogen-bond donors (Lipinski definition) is 0. The number of carbonyl (C=O) groups is 1. The maximum absolute atomic E-state index is 13.3. The second-order valence-corrected chi connectivity index (χ2v) is 6.79. The van der Waals surface area contributed by atoms with Crippen LogP contribution in [0.5, 0.6) is 0 Å². The smallest absolute Gasteiger partial charge is 0.367 e. The van der Waals surface area contributed by atoms with Crippen LogP contribution in [0, 0.1) is 5.82 Å². The Hall–Kier alpha value is -2.54. The fourth-order valence-corrected chi connectivity index (χ4v) is 3.19. The first-order valence-corrected chi connectivity index (χ1v) is 8.96. The van der Waals surface area contributed by atoms with E-state index in [1.165, 1.54) is 30.3 Å². The zero-order valence-corrected chi connectivity index (χ0v) is 15.5. The molecule has 1 aliphatic rings. The number of hydrogen-bond acceptors (Lipinski definition) is 2. The first-order chi connectivity index (χ1) is 13.2. The van der Waals surface area contributed by atoms with E-state index in [0.29, 0.717) is 5.56 Å². The van der Waals surface area contributed by atoms with Crippen LogP contribution in [0.25, 0.3) is 6.08 Å². The molecule has 3 nitrogen and oxygen atoms in total. The van der Waals surface area contributed by atoms with E-state index < -0.39 is 11.7 Å². The van der Waals surface area contributed by atoms with Crippen LogP contribution < -0.4 is 4.90 Å². The summed E-state index contributed by atoms with van der Waals surface area (Å²) in [6, 6.07) is 9.19. The second-order valence-electron chi connectivity index (χ2n) is 6.36. The first kappa shape index (κ1) is 20.2. The largest absolute Gasteiger partial charge is 0.418 e. The summed E-state index contributed by atoms with van der Waals surface area (Å²) in [4.78, 5) is 15.5. The van der Waals surface area contributed by atoms with Crippen molar-refractivity contribution < 1.29 is 22.4 Å². The Kier molecular flexibility index (Phi) is 5.93. The number of piperazine rings is 1. The highest BCUT2D eigenvalue weighted by atomic mass is 35.5. The van der Waals surface area contributed by atoms with Crippen molar-refractivity contribution in [1.82, 2.24) is 4.90 Å². The van der Waals surface area contributed by atoms with E-state index in [9.17, 15) is 22.4 Å². The summed E-state index contributed by atoms with van der Waals surface area (Å²) in [7, 11) is 0. The first-order valence-electron chi connectivity index (χ1n) is 8.58. The van der Waals surface area contributed by atoms with E-state index in [1.807, 2.05) is 0 Å². The van der Waals surface area contributed by atoms with Crippen LogP contribution in [-0.4, -0.2) is 37.0 Å². The molecule has 1 heterocycles. The summed E-state index contributed by atoms with van der Waals surface area (Å²) >= 11 is 5.88. The van der Waals surface area contributed by atoms with Crippen LogP contribution in [0.4, 0.5) is 23.2 Å². The van der Waals surface area contributed by atoms with Crippen molar-refractivity contribution in [2.75, 3.05) is 31.1 Å². The highest BCUT2D eigenvalue weighted by Gasteiger charge is 2.35. The van der Waals surface area contributed by atoms with Crippen molar-refractivity contribution in [1.29, 1.82) is 0 Å². The zero-order valence-electron chi connectivity index (χ0n) is 14.7. The Bertz CT molecular complexity index is 873. The van der Waals surface area contributed by atoms with Crippen LogP contribution in [0.15, 0.2) is 48.5 Å². The minimum absolute atomic E-state index is 0.0222. The van der Waals surface area contributed by atoms with Crippen LogP contribution in [-0.2, 0) is 11.0 Å². The van der Waals surface area contributed by atoms with Gasteiger partial charge in [0.05, 0.1) is 11.3 Å². The van der Waals surface area contributed by atoms with E-state index in [2.05, 4.69) is 0 Å². The molecule has 0 aliphatic carbocycles. The number of nitrogens with zero attached hydrogens (tertiary/aromatic N) is 2. The van der Waals surface area contributed by atoms with Gasteiger partial charge in [-0.1, -0.05) is 23.7 Å². The zero-order chi connectivity index (χ0) is 20.3. The molecule has 0 radical (unpaired) electrons. The van der Waals surface area contributed by atoms with Crippen molar-refractivity contribution in [2.24, 2.45) is 0 Å². The minimum Gasteiger partial charge on any atom is -0.367 e. The second kappa shape index (κ2) is 8.22. The number of rotatable bonds is 3. The molecular formula is C20H17ClF4N2O. The molecule has 28 heavy (non-hydrogen) atoms. The maximum atomic E-state index is 13.3. The standard InChI is InChI=1S/C20H17ClF4N2O/c21-15-4-7-17(20(23,24)25)18(13-15)26-9-11-27(12-10-26)19(28)8-3-14-1-5-16(22)6-2-14/h1-8,13H,9-12H2/b8-3-. The van der Waals surface area contributed by atoms with Gasteiger partial charge in [0, 0.05) is 37.3 Å². The van der Waals surface area contributed by atoms with E-state index >= 15 is 0 Å². The molecule has 0 unspecified atom stereocenters. The summed E-state index contributed by atoms with van der Waals surface area (Å²) in [6.07, 6.45) is -1.53. The molecule has 1 aliphatic heterocycles. The van der Waals surface area contributed by atoms with Gasteiger partial charge >= 0.3 is 6.18 Å². The molecule has 2 aromatic carbocycles. The average Bonchev–Trinajstić information content (AvgIpc) is 2.66. The van der Waals surface area contributed by atoms with Gasteiger partial charge < -0.3 is 9.80 Å².